The highest BCUT2D eigenvalue weighted by atomic mass is 16.6. The zero-order valence-electron chi connectivity index (χ0n) is 24.1. The molecule has 11 nitrogen and oxygen atoms in total. The van der Waals surface area contributed by atoms with Crippen molar-refractivity contribution >= 4 is 28.8 Å². The van der Waals surface area contributed by atoms with Crippen LogP contribution in [0.1, 0.15) is 51.9 Å². The number of amides is 2. The number of aliphatic hydroxyl groups excluding tert-OH is 1. The van der Waals surface area contributed by atoms with E-state index in [4.69, 9.17) is 9.47 Å². The second kappa shape index (κ2) is 11.6. The minimum absolute atomic E-state index is 0.120. The summed E-state index contributed by atoms with van der Waals surface area (Å²) in [5.41, 5.74) is -0.900. The molecule has 5 heterocycles. The summed E-state index contributed by atoms with van der Waals surface area (Å²) in [6.07, 6.45) is 13.1. The maximum absolute atomic E-state index is 14.5. The first-order chi connectivity index (χ1) is 20.4. The van der Waals surface area contributed by atoms with E-state index in [1.807, 2.05) is 55.5 Å². The Kier molecular flexibility index (Phi) is 7.89. The standard InChI is InChI=1S/C31H39N5O6/c1-30-15-8-2-5-11-20-41-29(40)25(30)24-27(38)35(18-9-3-4-10-19-37)26-28(39)34(17-12-16-31(24,26)42-30)21-36-23-14-7-6-13-22(23)32-33-36/h6-8,12-16,24-26,37H,2-5,9-11,17-21H2,1H3/b15-8-/t24-,25+,26?,30-,31-/m0/s1. The molecule has 2 fully saturated rings. The lowest BCUT2D eigenvalue weighted by Gasteiger charge is -2.37. The number of aliphatic hydroxyl groups is 1. The Labute approximate surface area is 245 Å². The van der Waals surface area contributed by atoms with E-state index in [-0.39, 0.29) is 25.1 Å². The van der Waals surface area contributed by atoms with Gasteiger partial charge in [0.1, 0.15) is 29.7 Å². The summed E-state index contributed by atoms with van der Waals surface area (Å²) in [7, 11) is 0. The van der Waals surface area contributed by atoms with Crippen molar-refractivity contribution in [2.24, 2.45) is 11.8 Å². The number of hydrogen-bond donors (Lipinski definition) is 1. The number of rotatable bonds is 8. The van der Waals surface area contributed by atoms with Gasteiger partial charge in [0.15, 0.2) is 0 Å². The molecule has 1 unspecified atom stereocenters. The highest BCUT2D eigenvalue weighted by Gasteiger charge is 2.74. The van der Waals surface area contributed by atoms with Gasteiger partial charge in [-0.3, -0.25) is 14.4 Å². The zero-order chi connectivity index (χ0) is 29.3. The van der Waals surface area contributed by atoms with Gasteiger partial charge in [0.2, 0.25) is 5.91 Å². The molecule has 4 aliphatic heterocycles. The Morgan fingerprint density at radius 1 is 1.00 bits per heavy atom. The minimum Gasteiger partial charge on any atom is -0.465 e. The predicted molar refractivity (Wildman–Crippen MR) is 153 cm³/mol. The van der Waals surface area contributed by atoms with Crippen LogP contribution >= 0.6 is 0 Å². The van der Waals surface area contributed by atoms with Crippen molar-refractivity contribution < 1.29 is 29.0 Å². The molecule has 5 atom stereocenters. The van der Waals surface area contributed by atoms with Gasteiger partial charge in [-0.05, 0) is 51.2 Å². The van der Waals surface area contributed by atoms with Crippen molar-refractivity contribution in [1.82, 2.24) is 24.8 Å². The number of allylic oxidation sites excluding steroid dienone is 1. The molecule has 224 valence electrons. The molecule has 0 radical (unpaired) electrons. The monoisotopic (exact) mass is 577 g/mol. The molecule has 4 aliphatic rings. The van der Waals surface area contributed by atoms with Gasteiger partial charge in [-0.25, -0.2) is 4.68 Å². The Balaban J connectivity index is 1.38. The maximum Gasteiger partial charge on any atom is 0.313 e. The Bertz CT molecular complexity index is 1410. The smallest absolute Gasteiger partial charge is 0.313 e. The highest BCUT2D eigenvalue weighted by molar-refractivity contribution is 5.99. The molecule has 2 saturated heterocycles. The summed E-state index contributed by atoms with van der Waals surface area (Å²) in [6.45, 7) is 3.04. The fraction of sp³-hybridized carbons (Fsp3) is 0.581. The minimum atomic E-state index is -1.32. The van der Waals surface area contributed by atoms with Gasteiger partial charge < -0.3 is 24.4 Å². The number of carbonyl (C=O) groups is 3. The predicted octanol–water partition coefficient (Wildman–Crippen LogP) is 2.59. The van der Waals surface area contributed by atoms with Crippen LogP contribution in [0.3, 0.4) is 0 Å². The first-order valence-electron chi connectivity index (χ1n) is 15.1. The van der Waals surface area contributed by atoms with E-state index in [1.165, 1.54) is 0 Å². The SMILES string of the molecule is C[C@]12/C=C\CCCCOC(=O)[C@H]1[C@H]1C(=O)N(CCCCCCO)C3C(=O)N(Cn4nnc5ccccc54)CC=C[C@@]31O2. The van der Waals surface area contributed by atoms with E-state index in [0.717, 1.165) is 43.1 Å². The molecular formula is C31H39N5O6. The van der Waals surface area contributed by atoms with Crippen LogP contribution in [0.5, 0.6) is 0 Å². The second-order valence-corrected chi connectivity index (χ2v) is 11.9. The fourth-order valence-corrected chi connectivity index (χ4v) is 7.14. The lowest BCUT2D eigenvalue weighted by molar-refractivity contribution is -0.160. The van der Waals surface area contributed by atoms with Crippen LogP contribution in [0.25, 0.3) is 11.0 Å². The number of ether oxygens (including phenoxy) is 2. The molecule has 42 heavy (non-hydrogen) atoms. The number of carbonyl (C=O) groups excluding carboxylic acids is 3. The first kappa shape index (κ1) is 28.5. The molecule has 0 bridgehead atoms. The second-order valence-electron chi connectivity index (χ2n) is 11.9. The third kappa shape index (κ3) is 4.82. The van der Waals surface area contributed by atoms with E-state index in [2.05, 4.69) is 10.3 Å². The summed E-state index contributed by atoms with van der Waals surface area (Å²) >= 11 is 0. The molecule has 2 amide bonds. The number of cyclic esters (lactones) is 1. The molecule has 1 spiro atoms. The third-order valence-corrected chi connectivity index (χ3v) is 9.12. The summed E-state index contributed by atoms with van der Waals surface area (Å²) < 4.78 is 14.2. The fourth-order valence-electron chi connectivity index (χ4n) is 7.14. The van der Waals surface area contributed by atoms with Gasteiger partial charge in [-0.2, -0.15) is 0 Å². The summed E-state index contributed by atoms with van der Waals surface area (Å²) in [5, 5.41) is 17.7. The largest absolute Gasteiger partial charge is 0.465 e. The van der Waals surface area contributed by atoms with E-state index in [0.29, 0.717) is 32.5 Å². The third-order valence-electron chi connectivity index (χ3n) is 9.12. The Morgan fingerprint density at radius 3 is 2.69 bits per heavy atom. The number of fused-ring (bicyclic) bond motifs is 3. The van der Waals surface area contributed by atoms with Gasteiger partial charge in [0.25, 0.3) is 5.91 Å². The first-order valence-corrected chi connectivity index (χ1v) is 15.1. The number of esters is 1. The van der Waals surface area contributed by atoms with Crippen LogP contribution in [-0.2, 0) is 30.5 Å². The lowest BCUT2D eigenvalue weighted by atomic mass is 9.74. The number of aromatic nitrogens is 3. The number of likely N-dealkylation sites (tertiary alicyclic amines) is 1. The van der Waals surface area contributed by atoms with Crippen molar-refractivity contribution in [3.63, 3.8) is 0 Å². The molecule has 11 heteroatoms. The highest BCUT2D eigenvalue weighted by Crippen LogP contribution is 2.57. The van der Waals surface area contributed by atoms with E-state index >= 15 is 0 Å². The number of unbranched alkanes of at least 4 members (excludes halogenated alkanes) is 3. The van der Waals surface area contributed by atoms with Crippen molar-refractivity contribution in [3.8, 4) is 0 Å². The molecule has 1 N–H and O–H groups in total. The number of nitrogens with zero attached hydrogens (tertiary/aromatic N) is 5. The maximum atomic E-state index is 14.5. The average Bonchev–Trinajstić information content (AvgIpc) is 3.54. The zero-order valence-corrected chi connectivity index (χ0v) is 24.1. The summed E-state index contributed by atoms with van der Waals surface area (Å²) in [4.78, 5) is 45.8. The van der Waals surface area contributed by atoms with Crippen LogP contribution in [-0.4, -0.2) is 91.2 Å². The molecule has 0 aliphatic carbocycles. The van der Waals surface area contributed by atoms with Gasteiger partial charge in [-0.1, -0.05) is 54.5 Å². The molecular weight excluding hydrogens is 538 g/mol. The van der Waals surface area contributed by atoms with Crippen LogP contribution in [0, 0.1) is 11.8 Å². The molecule has 0 saturated carbocycles. The lowest BCUT2D eigenvalue weighted by Crippen LogP contribution is -2.56. The van der Waals surface area contributed by atoms with Crippen molar-refractivity contribution in [2.75, 3.05) is 26.3 Å². The summed E-state index contributed by atoms with van der Waals surface area (Å²) in [6, 6.07) is 6.62. The van der Waals surface area contributed by atoms with Crippen molar-refractivity contribution in [2.45, 2.75) is 75.8 Å². The van der Waals surface area contributed by atoms with Crippen LogP contribution in [0.15, 0.2) is 48.6 Å². The number of para-hydroxylation sites is 1. The Hall–Kier alpha value is -3.57. The average molecular weight is 578 g/mol. The van der Waals surface area contributed by atoms with Crippen LogP contribution < -0.4 is 0 Å². The van der Waals surface area contributed by atoms with Gasteiger partial charge in [0, 0.05) is 19.7 Å². The van der Waals surface area contributed by atoms with Crippen LogP contribution in [0.2, 0.25) is 0 Å². The van der Waals surface area contributed by atoms with E-state index < -0.39 is 35.0 Å². The van der Waals surface area contributed by atoms with Crippen molar-refractivity contribution in [3.05, 3.63) is 48.6 Å². The molecule has 1 aromatic heterocycles. The number of hydrogen-bond acceptors (Lipinski definition) is 8. The molecule has 2 aromatic rings. The number of benzene rings is 1. The Morgan fingerprint density at radius 2 is 1.83 bits per heavy atom. The topological polar surface area (TPSA) is 127 Å². The molecule has 1 aromatic carbocycles. The van der Waals surface area contributed by atoms with E-state index in [9.17, 15) is 19.5 Å². The molecule has 6 rings (SSSR count). The summed E-state index contributed by atoms with van der Waals surface area (Å²) in [5.74, 6) is -2.75. The van der Waals surface area contributed by atoms with Gasteiger partial charge in [-0.15, -0.1) is 5.10 Å². The van der Waals surface area contributed by atoms with Crippen LogP contribution in [0.4, 0.5) is 0 Å². The quantitative estimate of drug-likeness (QED) is 0.288. The normalized spacial score (nSPS) is 32.0. The van der Waals surface area contributed by atoms with Gasteiger partial charge >= 0.3 is 5.97 Å². The van der Waals surface area contributed by atoms with Gasteiger partial charge in [0.05, 0.1) is 23.6 Å². The van der Waals surface area contributed by atoms with Crippen molar-refractivity contribution in [1.29, 1.82) is 0 Å². The van der Waals surface area contributed by atoms with E-state index in [1.54, 1.807) is 14.5 Å².